The van der Waals surface area contributed by atoms with E-state index in [-0.39, 0.29) is 12.2 Å². The summed E-state index contributed by atoms with van der Waals surface area (Å²) in [6.07, 6.45) is 1.71. The van der Waals surface area contributed by atoms with E-state index in [0.717, 1.165) is 34.5 Å². The maximum Gasteiger partial charge on any atom is 0.303 e. The lowest BCUT2D eigenvalue weighted by molar-refractivity contribution is -0.136. The SMILES string of the molecule is Cc1c(C(=O)CCc2ccccc2)c(C)n(C)c1CCC(=O)O. The number of carboxylic acid groups (broad SMARTS) is 1. The number of hydrogen-bond donors (Lipinski definition) is 1. The number of aliphatic carboxylic acids is 1. The predicted octanol–water partition coefficient (Wildman–Crippen LogP) is 3.47. The van der Waals surface area contributed by atoms with E-state index in [1.54, 1.807) is 0 Å². The van der Waals surface area contributed by atoms with Crippen LogP contribution in [0.1, 0.15) is 45.7 Å². The molecule has 1 aromatic heterocycles. The number of hydrogen-bond acceptors (Lipinski definition) is 2. The van der Waals surface area contributed by atoms with Crippen LogP contribution in [0.25, 0.3) is 0 Å². The van der Waals surface area contributed by atoms with Gasteiger partial charge in [0.2, 0.25) is 0 Å². The molecule has 4 nitrogen and oxygen atoms in total. The van der Waals surface area contributed by atoms with Crippen molar-refractivity contribution in [2.45, 2.75) is 39.5 Å². The zero-order chi connectivity index (χ0) is 17.0. The fourth-order valence-electron chi connectivity index (χ4n) is 3.06. The highest BCUT2D eigenvalue weighted by molar-refractivity contribution is 5.99. The first-order valence-electron chi connectivity index (χ1n) is 7.85. The van der Waals surface area contributed by atoms with Crippen LogP contribution in [0.3, 0.4) is 0 Å². The Bertz CT molecular complexity index is 714. The predicted molar refractivity (Wildman–Crippen MR) is 89.9 cm³/mol. The first-order chi connectivity index (χ1) is 10.9. The molecule has 0 aliphatic carbocycles. The lowest BCUT2D eigenvalue weighted by atomic mass is 9.99. The third-order valence-corrected chi connectivity index (χ3v) is 4.42. The second kappa shape index (κ2) is 7.27. The molecule has 0 bridgehead atoms. The van der Waals surface area contributed by atoms with Crippen LogP contribution in [0.2, 0.25) is 0 Å². The van der Waals surface area contributed by atoms with Crippen LogP contribution in [0.5, 0.6) is 0 Å². The maximum absolute atomic E-state index is 12.6. The van der Waals surface area contributed by atoms with Gasteiger partial charge in [0.25, 0.3) is 0 Å². The molecule has 0 spiro atoms. The molecule has 0 radical (unpaired) electrons. The van der Waals surface area contributed by atoms with E-state index >= 15 is 0 Å². The van der Waals surface area contributed by atoms with Crippen molar-refractivity contribution in [1.82, 2.24) is 4.57 Å². The summed E-state index contributed by atoms with van der Waals surface area (Å²) in [6, 6.07) is 9.96. The zero-order valence-corrected chi connectivity index (χ0v) is 13.9. The lowest BCUT2D eigenvalue weighted by Gasteiger charge is -2.04. The quantitative estimate of drug-likeness (QED) is 0.796. The van der Waals surface area contributed by atoms with E-state index in [2.05, 4.69) is 0 Å². The first-order valence-corrected chi connectivity index (χ1v) is 7.85. The van der Waals surface area contributed by atoms with Crippen LogP contribution < -0.4 is 0 Å². The average molecular weight is 313 g/mol. The van der Waals surface area contributed by atoms with Crippen molar-refractivity contribution in [2.75, 3.05) is 0 Å². The van der Waals surface area contributed by atoms with E-state index in [1.165, 1.54) is 0 Å². The molecule has 2 aromatic rings. The Morgan fingerprint density at radius 2 is 1.70 bits per heavy atom. The van der Waals surface area contributed by atoms with Crippen LogP contribution in [-0.4, -0.2) is 21.4 Å². The van der Waals surface area contributed by atoms with Gasteiger partial charge in [-0.1, -0.05) is 30.3 Å². The van der Waals surface area contributed by atoms with Gasteiger partial charge in [0.15, 0.2) is 5.78 Å². The molecule has 2 rings (SSSR count). The van der Waals surface area contributed by atoms with Gasteiger partial charge in [0, 0.05) is 30.4 Å². The minimum absolute atomic E-state index is 0.0791. The van der Waals surface area contributed by atoms with Crippen LogP contribution in [0, 0.1) is 13.8 Å². The van der Waals surface area contributed by atoms with Crippen molar-refractivity contribution in [3.8, 4) is 0 Å². The molecule has 0 unspecified atom stereocenters. The monoisotopic (exact) mass is 313 g/mol. The fraction of sp³-hybridized carbons (Fsp3) is 0.368. The Labute approximate surface area is 136 Å². The molecule has 0 aliphatic heterocycles. The largest absolute Gasteiger partial charge is 0.481 e. The molecule has 1 aromatic carbocycles. The van der Waals surface area contributed by atoms with E-state index in [1.807, 2.05) is 55.8 Å². The highest BCUT2D eigenvalue weighted by Crippen LogP contribution is 2.24. The van der Waals surface area contributed by atoms with E-state index in [0.29, 0.717) is 12.8 Å². The molecule has 0 atom stereocenters. The highest BCUT2D eigenvalue weighted by Gasteiger charge is 2.20. The Morgan fingerprint density at radius 3 is 2.30 bits per heavy atom. The minimum Gasteiger partial charge on any atom is -0.481 e. The van der Waals surface area contributed by atoms with Gasteiger partial charge in [-0.2, -0.15) is 0 Å². The number of aromatic nitrogens is 1. The summed E-state index contributed by atoms with van der Waals surface area (Å²) in [5.74, 6) is -0.693. The lowest BCUT2D eigenvalue weighted by Crippen LogP contribution is -2.04. The van der Waals surface area contributed by atoms with Crippen LogP contribution in [0.4, 0.5) is 0 Å². The van der Waals surface area contributed by atoms with E-state index in [4.69, 9.17) is 5.11 Å². The molecular formula is C19H23NO3. The number of rotatable bonds is 7. The number of carbonyl (C=O) groups excluding carboxylic acids is 1. The van der Waals surface area contributed by atoms with Gasteiger partial charge in [-0.3, -0.25) is 9.59 Å². The molecule has 1 heterocycles. The van der Waals surface area contributed by atoms with Gasteiger partial charge in [-0.05, 0) is 37.8 Å². The van der Waals surface area contributed by atoms with Crippen molar-refractivity contribution in [1.29, 1.82) is 0 Å². The standard InChI is InChI=1S/C19H23NO3/c1-13-16(10-12-18(22)23)20(3)14(2)19(13)17(21)11-9-15-7-5-4-6-8-15/h4-8H,9-12H2,1-3H3,(H,22,23). The number of nitrogens with zero attached hydrogens (tertiary/aromatic N) is 1. The fourth-order valence-corrected chi connectivity index (χ4v) is 3.06. The van der Waals surface area contributed by atoms with Crippen molar-refractivity contribution >= 4 is 11.8 Å². The van der Waals surface area contributed by atoms with Crippen LogP contribution >= 0.6 is 0 Å². The van der Waals surface area contributed by atoms with Gasteiger partial charge in [-0.25, -0.2) is 0 Å². The summed E-state index contributed by atoms with van der Waals surface area (Å²) in [4.78, 5) is 23.4. The van der Waals surface area contributed by atoms with Gasteiger partial charge in [-0.15, -0.1) is 0 Å². The average Bonchev–Trinajstić information content (AvgIpc) is 2.74. The number of ketones is 1. The Balaban J connectivity index is 2.16. The minimum atomic E-state index is -0.819. The van der Waals surface area contributed by atoms with Crippen molar-refractivity contribution in [3.05, 3.63) is 58.4 Å². The maximum atomic E-state index is 12.6. The third kappa shape index (κ3) is 3.89. The topological polar surface area (TPSA) is 59.3 Å². The molecule has 0 saturated carbocycles. The second-order valence-electron chi connectivity index (χ2n) is 5.89. The summed E-state index contributed by atoms with van der Waals surface area (Å²) in [5.41, 5.74) is 4.68. The van der Waals surface area contributed by atoms with E-state index in [9.17, 15) is 9.59 Å². The number of aryl methyl sites for hydroxylation is 1. The Kier molecular flexibility index (Phi) is 5.37. The van der Waals surface area contributed by atoms with Gasteiger partial charge < -0.3 is 9.67 Å². The van der Waals surface area contributed by atoms with Crippen molar-refractivity contribution < 1.29 is 14.7 Å². The molecule has 0 amide bonds. The van der Waals surface area contributed by atoms with E-state index < -0.39 is 5.97 Å². The summed E-state index contributed by atoms with van der Waals surface area (Å²) < 4.78 is 1.95. The summed E-state index contributed by atoms with van der Waals surface area (Å²) in [6.45, 7) is 3.84. The number of carbonyl (C=O) groups is 2. The number of carboxylic acids is 1. The normalized spacial score (nSPS) is 10.7. The summed E-state index contributed by atoms with van der Waals surface area (Å²) in [7, 11) is 1.90. The smallest absolute Gasteiger partial charge is 0.303 e. The Hall–Kier alpha value is -2.36. The molecule has 0 saturated heterocycles. The summed E-state index contributed by atoms with van der Waals surface area (Å²) >= 11 is 0. The first kappa shape index (κ1) is 17.0. The molecule has 23 heavy (non-hydrogen) atoms. The number of benzene rings is 1. The van der Waals surface area contributed by atoms with Gasteiger partial charge >= 0.3 is 5.97 Å². The molecule has 0 aliphatic rings. The molecular weight excluding hydrogens is 290 g/mol. The van der Waals surface area contributed by atoms with Crippen molar-refractivity contribution in [3.63, 3.8) is 0 Å². The molecule has 0 fully saturated rings. The highest BCUT2D eigenvalue weighted by atomic mass is 16.4. The third-order valence-electron chi connectivity index (χ3n) is 4.42. The number of Topliss-reactive ketones (excluding diaryl/α,β-unsaturated/α-hetero) is 1. The van der Waals surface area contributed by atoms with Gasteiger partial charge in [0.1, 0.15) is 0 Å². The Morgan fingerprint density at radius 1 is 1.04 bits per heavy atom. The van der Waals surface area contributed by atoms with Crippen molar-refractivity contribution in [2.24, 2.45) is 7.05 Å². The second-order valence-corrected chi connectivity index (χ2v) is 5.89. The van der Waals surface area contributed by atoms with Crippen LogP contribution in [0.15, 0.2) is 30.3 Å². The zero-order valence-electron chi connectivity index (χ0n) is 13.9. The molecule has 1 N–H and O–H groups in total. The summed E-state index contributed by atoms with van der Waals surface area (Å²) in [5, 5.41) is 8.88. The van der Waals surface area contributed by atoms with Gasteiger partial charge in [0.05, 0.1) is 6.42 Å². The molecule has 4 heteroatoms. The van der Waals surface area contributed by atoms with Crippen LogP contribution in [-0.2, 0) is 24.7 Å². The molecule has 122 valence electrons.